The number of hydrogen-bond donors (Lipinski definition) is 0. The largest absolute Gasteiger partial charge is 0.458 e. The van der Waals surface area contributed by atoms with Gasteiger partial charge in [0.1, 0.15) is 29.0 Å². The molecule has 1 aliphatic carbocycles. The van der Waals surface area contributed by atoms with Gasteiger partial charge in [0.15, 0.2) is 0 Å². The Morgan fingerprint density at radius 1 is 1.10 bits per heavy atom. The molecular weight excluding hydrogens is 272 g/mol. The Labute approximate surface area is 126 Å². The summed E-state index contributed by atoms with van der Waals surface area (Å²) in [6.07, 6.45) is 7.99. The lowest BCUT2D eigenvalue weighted by molar-refractivity contribution is -0.162. The van der Waals surface area contributed by atoms with E-state index >= 15 is 0 Å². The van der Waals surface area contributed by atoms with Gasteiger partial charge in [-0.2, -0.15) is 0 Å². The van der Waals surface area contributed by atoms with Crippen LogP contribution in [0.15, 0.2) is 0 Å². The minimum atomic E-state index is -0.415. The van der Waals surface area contributed by atoms with E-state index in [4.69, 9.17) is 9.47 Å². The van der Waals surface area contributed by atoms with Crippen molar-refractivity contribution in [2.24, 2.45) is 0 Å². The number of hydrogen-bond acceptors (Lipinski definition) is 3. The van der Waals surface area contributed by atoms with Crippen molar-refractivity contribution in [3.05, 3.63) is 0 Å². The van der Waals surface area contributed by atoms with Crippen LogP contribution in [-0.2, 0) is 25.2 Å². The van der Waals surface area contributed by atoms with Gasteiger partial charge in [-0.15, -0.1) is 0 Å². The summed E-state index contributed by atoms with van der Waals surface area (Å²) in [6, 6.07) is 0. The maximum atomic E-state index is 11.6. The van der Waals surface area contributed by atoms with Gasteiger partial charge in [-0.25, -0.2) is 4.79 Å². The van der Waals surface area contributed by atoms with Crippen LogP contribution in [-0.4, -0.2) is 41.0 Å². The van der Waals surface area contributed by atoms with Gasteiger partial charge < -0.3 is 9.47 Å². The normalized spacial score (nSPS) is 28.6. The molecule has 0 N–H and O–H groups in total. The molecule has 0 amide bonds. The van der Waals surface area contributed by atoms with Crippen molar-refractivity contribution in [2.75, 3.05) is 18.1 Å². The van der Waals surface area contributed by atoms with E-state index in [0.717, 1.165) is 18.1 Å². The molecule has 0 aromatic rings. The van der Waals surface area contributed by atoms with Gasteiger partial charge in [-0.3, -0.25) is 0 Å². The second kappa shape index (κ2) is 7.17. The third-order valence-corrected chi connectivity index (χ3v) is 7.05. The highest BCUT2D eigenvalue weighted by Crippen LogP contribution is 2.31. The first kappa shape index (κ1) is 16.2. The molecule has 20 heavy (non-hydrogen) atoms. The first-order valence-electron chi connectivity index (χ1n) is 7.94. The number of ether oxygens (including phenoxy) is 2. The molecule has 0 spiro atoms. The van der Waals surface area contributed by atoms with E-state index in [1.54, 1.807) is 0 Å². The molecule has 2 aliphatic rings. The first-order valence-corrected chi connectivity index (χ1v) is 9.56. The predicted molar refractivity (Wildman–Crippen MR) is 84.2 cm³/mol. The van der Waals surface area contributed by atoms with Crippen molar-refractivity contribution in [1.82, 2.24) is 0 Å². The highest BCUT2D eigenvalue weighted by Gasteiger charge is 2.36. The highest BCUT2D eigenvalue weighted by atomic mass is 32.2. The van der Waals surface area contributed by atoms with Crippen molar-refractivity contribution in [2.45, 2.75) is 76.3 Å². The lowest BCUT2D eigenvalue weighted by atomic mass is 9.97. The molecule has 0 aromatic carbocycles. The summed E-state index contributed by atoms with van der Waals surface area (Å²) in [7, 11) is 0.698. The maximum absolute atomic E-state index is 11.6. The van der Waals surface area contributed by atoms with Crippen LogP contribution in [0.4, 0.5) is 0 Å². The van der Waals surface area contributed by atoms with Crippen molar-refractivity contribution >= 4 is 16.9 Å². The van der Waals surface area contributed by atoms with E-state index in [1.807, 2.05) is 20.8 Å². The fourth-order valence-electron chi connectivity index (χ4n) is 3.10. The van der Waals surface area contributed by atoms with E-state index in [0.29, 0.717) is 10.9 Å². The van der Waals surface area contributed by atoms with Gasteiger partial charge in [-0.1, -0.05) is 0 Å². The summed E-state index contributed by atoms with van der Waals surface area (Å²) in [4.78, 5) is 11.6. The molecule has 3 nitrogen and oxygen atoms in total. The number of rotatable bonds is 4. The molecule has 0 aromatic heterocycles. The molecule has 1 saturated carbocycles. The first-order chi connectivity index (χ1) is 9.44. The Morgan fingerprint density at radius 3 is 2.25 bits per heavy atom. The third-order valence-electron chi connectivity index (χ3n) is 4.01. The monoisotopic (exact) mass is 301 g/mol. The Morgan fingerprint density at radius 2 is 1.70 bits per heavy atom. The number of carbonyl (C=O) groups is 1. The summed E-state index contributed by atoms with van der Waals surface area (Å²) in [5.74, 6) is 2.69. The van der Waals surface area contributed by atoms with Crippen LogP contribution in [0.5, 0.6) is 0 Å². The molecular formula is C16H29O3S+. The molecule has 1 saturated heterocycles. The Hall–Kier alpha value is -0.220. The van der Waals surface area contributed by atoms with Crippen LogP contribution in [0.2, 0.25) is 0 Å². The third kappa shape index (κ3) is 5.28. The number of carbonyl (C=O) groups excluding carboxylic acids is 1. The van der Waals surface area contributed by atoms with Crippen LogP contribution in [0.1, 0.15) is 59.3 Å². The molecule has 0 radical (unpaired) electrons. The van der Waals surface area contributed by atoms with Gasteiger partial charge in [0.25, 0.3) is 0 Å². The zero-order valence-electron chi connectivity index (χ0n) is 13.2. The molecule has 0 atom stereocenters. The van der Waals surface area contributed by atoms with E-state index in [9.17, 15) is 4.79 Å². The van der Waals surface area contributed by atoms with Gasteiger partial charge in [0, 0.05) is 0 Å². The van der Waals surface area contributed by atoms with Gasteiger partial charge in [-0.05, 0) is 70.2 Å². The molecule has 2 rings (SSSR count). The Kier molecular flexibility index (Phi) is 5.79. The Balaban J connectivity index is 1.63. The van der Waals surface area contributed by atoms with Crippen molar-refractivity contribution < 1.29 is 14.3 Å². The smallest absolute Gasteiger partial charge is 0.332 e. The lowest BCUT2D eigenvalue weighted by Crippen LogP contribution is -2.33. The zero-order chi connectivity index (χ0) is 14.6. The second-order valence-corrected chi connectivity index (χ2v) is 9.51. The average molecular weight is 301 g/mol. The summed E-state index contributed by atoms with van der Waals surface area (Å²) in [5.41, 5.74) is -0.415. The van der Waals surface area contributed by atoms with Crippen molar-refractivity contribution in [1.29, 1.82) is 0 Å². The van der Waals surface area contributed by atoms with Gasteiger partial charge in [0.05, 0.1) is 6.10 Å². The molecule has 1 aliphatic heterocycles. The number of esters is 1. The standard InChI is InChI=1S/C16H29O3S/c1-16(2,3)19-15(17)12-18-13-6-8-14(9-7-13)20-10-4-5-11-20/h13-14H,4-12H2,1-3H3/q+1. The molecule has 0 bridgehead atoms. The van der Waals surface area contributed by atoms with Crippen LogP contribution in [0.3, 0.4) is 0 Å². The molecule has 2 fully saturated rings. The van der Waals surface area contributed by atoms with Crippen LogP contribution >= 0.6 is 0 Å². The maximum Gasteiger partial charge on any atom is 0.332 e. The summed E-state index contributed by atoms with van der Waals surface area (Å²) >= 11 is 0. The molecule has 4 heteroatoms. The fourth-order valence-corrected chi connectivity index (χ4v) is 6.06. The zero-order valence-corrected chi connectivity index (χ0v) is 14.0. The minimum Gasteiger partial charge on any atom is -0.458 e. The highest BCUT2D eigenvalue weighted by molar-refractivity contribution is 7.97. The minimum absolute atomic E-state index is 0.109. The summed E-state index contributed by atoms with van der Waals surface area (Å²) in [6.45, 7) is 5.77. The fraction of sp³-hybridized carbons (Fsp3) is 0.938. The quantitative estimate of drug-likeness (QED) is 0.591. The average Bonchev–Trinajstić information content (AvgIpc) is 2.89. The molecule has 116 valence electrons. The van der Waals surface area contributed by atoms with Crippen LogP contribution in [0.25, 0.3) is 0 Å². The summed E-state index contributed by atoms with van der Waals surface area (Å²) in [5, 5.41) is 0.943. The summed E-state index contributed by atoms with van der Waals surface area (Å²) < 4.78 is 11.0. The predicted octanol–water partition coefficient (Wildman–Crippen LogP) is 3.07. The second-order valence-electron chi connectivity index (χ2n) is 6.95. The van der Waals surface area contributed by atoms with Crippen LogP contribution < -0.4 is 0 Å². The van der Waals surface area contributed by atoms with Crippen molar-refractivity contribution in [3.8, 4) is 0 Å². The van der Waals surface area contributed by atoms with E-state index in [-0.39, 0.29) is 18.7 Å². The topological polar surface area (TPSA) is 35.5 Å². The molecule has 0 unspecified atom stereocenters. The van der Waals surface area contributed by atoms with Crippen molar-refractivity contribution in [3.63, 3.8) is 0 Å². The van der Waals surface area contributed by atoms with E-state index in [1.165, 1.54) is 37.2 Å². The Bertz CT molecular complexity index is 310. The molecule has 1 heterocycles. The van der Waals surface area contributed by atoms with E-state index in [2.05, 4.69) is 0 Å². The lowest BCUT2D eigenvalue weighted by Gasteiger charge is -2.27. The van der Waals surface area contributed by atoms with Gasteiger partial charge >= 0.3 is 5.97 Å². The van der Waals surface area contributed by atoms with Crippen LogP contribution in [0, 0.1) is 0 Å². The van der Waals surface area contributed by atoms with E-state index < -0.39 is 5.60 Å². The SMILES string of the molecule is CC(C)(C)OC(=O)COC1CCC([S+]2CCCC2)CC1. The van der Waals surface area contributed by atoms with Gasteiger partial charge in [0.2, 0.25) is 0 Å².